The highest BCUT2D eigenvalue weighted by molar-refractivity contribution is 6.31. The van der Waals surface area contributed by atoms with Crippen LogP contribution in [-0.2, 0) is 11.3 Å². The van der Waals surface area contributed by atoms with E-state index >= 15 is 0 Å². The zero-order chi connectivity index (χ0) is 12.1. The lowest BCUT2D eigenvalue weighted by Gasteiger charge is -2.27. The first-order valence-corrected chi connectivity index (χ1v) is 6.48. The number of nitrogens with zero attached hydrogens (tertiary/aromatic N) is 1. The molecular weight excluding hydrogens is 238 g/mol. The van der Waals surface area contributed by atoms with Crippen molar-refractivity contribution in [3.8, 4) is 0 Å². The maximum Gasteiger partial charge on any atom is 0.0736 e. The smallest absolute Gasteiger partial charge is 0.0736 e. The van der Waals surface area contributed by atoms with Crippen molar-refractivity contribution in [1.82, 2.24) is 4.98 Å². The highest BCUT2D eigenvalue weighted by atomic mass is 35.5. The van der Waals surface area contributed by atoms with Crippen molar-refractivity contribution >= 4 is 11.6 Å². The van der Waals surface area contributed by atoms with E-state index in [0.717, 1.165) is 31.2 Å². The van der Waals surface area contributed by atoms with E-state index in [-0.39, 0.29) is 0 Å². The van der Waals surface area contributed by atoms with E-state index < -0.39 is 0 Å². The Morgan fingerprint density at radius 2 is 2.12 bits per heavy atom. The van der Waals surface area contributed by atoms with E-state index in [1.54, 1.807) is 12.4 Å². The molecule has 0 aliphatic heterocycles. The first-order valence-electron chi connectivity index (χ1n) is 6.10. The molecule has 3 nitrogen and oxygen atoms in total. The van der Waals surface area contributed by atoms with Crippen LogP contribution >= 0.6 is 11.6 Å². The molecule has 0 bridgehead atoms. The quantitative estimate of drug-likeness (QED) is 0.900. The predicted octanol–water partition coefficient (Wildman–Crippen LogP) is 2.80. The Kier molecular flexibility index (Phi) is 4.77. The Bertz CT molecular complexity index is 351. The third kappa shape index (κ3) is 3.66. The summed E-state index contributed by atoms with van der Waals surface area (Å²) in [6.07, 6.45) is 7.87. The molecule has 0 saturated heterocycles. The molecule has 1 aromatic rings. The van der Waals surface area contributed by atoms with Crippen LogP contribution in [0.2, 0.25) is 5.02 Å². The third-order valence-electron chi connectivity index (χ3n) is 3.38. The molecule has 1 aromatic heterocycles. The van der Waals surface area contributed by atoms with Gasteiger partial charge < -0.3 is 9.84 Å². The summed E-state index contributed by atoms with van der Waals surface area (Å²) < 4.78 is 5.85. The number of rotatable bonds is 4. The highest BCUT2D eigenvalue weighted by Crippen LogP contribution is 2.27. The monoisotopic (exact) mass is 255 g/mol. The molecule has 1 aliphatic rings. The molecule has 0 spiro atoms. The van der Waals surface area contributed by atoms with Crippen LogP contribution in [0, 0.1) is 5.92 Å². The zero-order valence-electron chi connectivity index (χ0n) is 9.81. The number of ether oxygens (including phenoxy) is 1. The van der Waals surface area contributed by atoms with Crippen molar-refractivity contribution < 1.29 is 9.84 Å². The van der Waals surface area contributed by atoms with Gasteiger partial charge in [0.1, 0.15) is 0 Å². The lowest BCUT2D eigenvalue weighted by Crippen LogP contribution is -2.23. The van der Waals surface area contributed by atoms with Crippen LogP contribution in [0.15, 0.2) is 18.5 Å². The van der Waals surface area contributed by atoms with Gasteiger partial charge in [0.2, 0.25) is 0 Å². The van der Waals surface area contributed by atoms with Gasteiger partial charge in [0.25, 0.3) is 0 Å². The fourth-order valence-corrected chi connectivity index (χ4v) is 2.38. The van der Waals surface area contributed by atoms with Crippen LogP contribution in [0.1, 0.15) is 31.2 Å². The van der Waals surface area contributed by atoms with E-state index in [2.05, 4.69) is 4.98 Å². The molecule has 0 unspecified atom stereocenters. The summed E-state index contributed by atoms with van der Waals surface area (Å²) in [7, 11) is 0. The van der Waals surface area contributed by atoms with Crippen LogP contribution in [0.4, 0.5) is 0 Å². The van der Waals surface area contributed by atoms with Crippen molar-refractivity contribution in [3.05, 3.63) is 29.0 Å². The molecule has 0 aromatic carbocycles. The summed E-state index contributed by atoms with van der Waals surface area (Å²) in [6.45, 7) is 0.860. The second-order valence-electron chi connectivity index (χ2n) is 4.60. The van der Waals surface area contributed by atoms with Gasteiger partial charge in [0.15, 0.2) is 0 Å². The predicted molar refractivity (Wildman–Crippen MR) is 66.9 cm³/mol. The molecule has 1 saturated carbocycles. The van der Waals surface area contributed by atoms with Gasteiger partial charge in [-0.1, -0.05) is 11.6 Å². The largest absolute Gasteiger partial charge is 0.396 e. The standard InChI is InChI=1S/C13H18ClNO2/c14-13-7-15-6-5-11(13)9-17-12-3-1-10(8-16)2-4-12/h5-7,10,12,16H,1-4,8-9H2. The second-order valence-corrected chi connectivity index (χ2v) is 5.01. The van der Waals surface area contributed by atoms with E-state index in [1.807, 2.05) is 6.07 Å². The maximum absolute atomic E-state index is 9.06. The fraction of sp³-hybridized carbons (Fsp3) is 0.615. The number of hydrogen-bond donors (Lipinski definition) is 1. The minimum atomic E-state index is 0.307. The summed E-state index contributed by atoms with van der Waals surface area (Å²) in [5.41, 5.74) is 0.992. The van der Waals surface area contributed by atoms with Crippen molar-refractivity contribution in [2.24, 2.45) is 5.92 Å². The minimum absolute atomic E-state index is 0.307. The Balaban J connectivity index is 1.78. The lowest BCUT2D eigenvalue weighted by molar-refractivity contribution is 0.00121. The number of aliphatic hydroxyl groups is 1. The van der Waals surface area contributed by atoms with Gasteiger partial charge in [-0.3, -0.25) is 4.98 Å². The van der Waals surface area contributed by atoms with Gasteiger partial charge in [0.05, 0.1) is 17.7 Å². The Morgan fingerprint density at radius 1 is 1.35 bits per heavy atom. The molecule has 0 amide bonds. The number of halogens is 1. The van der Waals surface area contributed by atoms with Gasteiger partial charge in [-0.2, -0.15) is 0 Å². The average molecular weight is 256 g/mol. The molecule has 94 valence electrons. The topological polar surface area (TPSA) is 42.4 Å². The summed E-state index contributed by atoms with van der Waals surface area (Å²) in [5.74, 6) is 0.472. The van der Waals surface area contributed by atoms with Crippen molar-refractivity contribution in [3.63, 3.8) is 0 Å². The van der Waals surface area contributed by atoms with E-state index in [0.29, 0.717) is 30.3 Å². The van der Waals surface area contributed by atoms with Gasteiger partial charge in [-0.25, -0.2) is 0 Å². The van der Waals surface area contributed by atoms with Crippen LogP contribution in [0.5, 0.6) is 0 Å². The molecule has 2 rings (SSSR count). The van der Waals surface area contributed by atoms with Crippen LogP contribution in [0.25, 0.3) is 0 Å². The van der Waals surface area contributed by atoms with Crippen LogP contribution in [-0.4, -0.2) is 22.8 Å². The van der Waals surface area contributed by atoms with E-state index in [9.17, 15) is 0 Å². The Hall–Kier alpha value is -0.640. The normalized spacial score (nSPS) is 24.8. The van der Waals surface area contributed by atoms with Gasteiger partial charge in [-0.05, 0) is 43.2 Å². The first kappa shape index (κ1) is 12.8. The molecule has 0 atom stereocenters. The third-order valence-corrected chi connectivity index (χ3v) is 3.72. The van der Waals surface area contributed by atoms with Gasteiger partial charge in [0, 0.05) is 19.0 Å². The average Bonchev–Trinajstić information content (AvgIpc) is 2.38. The lowest BCUT2D eigenvalue weighted by atomic mass is 9.88. The first-order chi connectivity index (χ1) is 8.29. The minimum Gasteiger partial charge on any atom is -0.396 e. The molecule has 1 N–H and O–H groups in total. The molecule has 1 fully saturated rings. The fourth-order valence-electron chi connectivity index (χ4n) is 2.21. The SMILES string of the molecule is OCC1CCC(OCc2ccncc2Cl)CC1. The summed E-state index contributed by atoms with van der Waals surface area (Å²) in [4.78, 5) is 3.95. The molecule has 1 heterocycles. The van der Waals surface area contributed by atoms with Crippen molar-refractivity contribution in [2.45, 2.75) is 38.4 Å². The van der Waals surface area contributed by atoms with Gasteiger partial charge >= 0.3 is 0 Å². The molecule has 4 heteroatoms. The van der Waals surface area contributed by atoms with Gasteiger partial charge in [-0.15, -0.1) is 0 Å². The van der Waals surface area contributed by atoms with Crippen molar-refractivity contribution in [1.29, 1.82) is 0 Å². The van der Waals surface area contributed by atoms with E-state index in [4.69, 9.17) is 21.4 Å². The van der Waals surface area contributed by atoms with Crippen LogP contribution < -0.4 is 0 Å². The van der Waals surface area contributed by atoms with E-state index in [1.165, 1.54) is 0 Å². The highest BCUT2D eigenvalue weighted by Gasteiger charge is 2.21. The Labute approximate surface area is 107 Å². The summed E-state index contributed by atoms with van der Waals surface area (Å²) in [5, 5.41) is 9.72. The second kappa shape index (κ2) is 6.34. The molecular formula is C13H18ClNO2. The number of pyridine rings is 1. The number of aliphatic hydroxyl groups excluding tert-OH is 1. The van der Waals surface area contributed by atoms with Crippen molar-refractivity contribution in [2.75, 3.05) is 6.61 Å². The maximum atomic E-state index is 9.06. The zero-order valence-corrected chi connectivity index (χ0v) is 10.6. The molecule has 1 aliphatic carbocycles. The summed E-state index contributed by atoms with van der Waals surface area (Å²) in [6, 6.07) is 1.89. The van der Waals surface area contributed by atoms with Crippen LogP contribution in [0.3, 0.4) is 0 Å². The number of hydrogen-bond acceptors (Lipinski definition) is 3. The molecule has 17 heavy (non-hydrogen) atoms. The summed E-state index contributed by atoms with van der Waals surface area (Å²) >= 11 is 6.01. The Morgan fingerprint density at radius 3 is 2.76 bits per heavy atom. The molecule has 0 radical (unpaired) electrons. The number of aromatic nitrogens is 1.